The van der Waals surface area contributed by atoms with Crippen LogP contribution in [0.4, 0.5) is 9.59 Å². The lowest BCUT2D eigenvalue weighted by Gasteiger charge is -2.21. The van der Waals surface area contributed by atoms with Crippen molar-refractivity contribution in [1.82, 2.24) is 9.13 Å². The van der Waals surface area contributed by atoms with Gasteiger partial charge in [0.15, 0.2) is 0 Å². The minimum atomic E-state index is -0.713. The quantitative estimate of drug-likeness (QED) is 0.216. The van der Waals surface area contributed by atoms with Crippen LogP contribution in [0.5, 0.6) is 0 Å². The number of ether oxygens (including phenoxy) is 2. The van der Waals surface area contributed by atoms with Crippen LogP contribution in [0.3, 0.4) is 0 Å². The van der Waals surface area contributed by atoms with Crippen molar-refractivity contribution in [2.45, 2.75) is 52.7 Å². The predicted octanol–water partition coefficient (Wildman–Crippen LogP) is 8.24. The summed E-state index contributed by atoms with van der Waals surface area (Å²) in [6, 6.07) is 24.2. The third-order valence-electron chi connectivity index (χ3n) is 6.53. The summed E-state index contributed by atoms with van der Waals surface area (Å²) < 4.78 is 14.3. The number of carbonyl (C=O) groups excluding carboxylic acids is 2. The molecule has 8 heteroatoms. The molecule has 0 saturated carbocycles. The van der Waals surface area contributed by atoms with Crippen molar-refractivity contribution < 1.29 is 19.1 Å². The lowest BCUT2D eigenvalue weighted by molar-refractivity contribution is 0.0534. The zero-order valence-corrected chi connectivity index (χ0v) is 24.4. The van der Waals surface area contributed by atoms with Gasteiger partial charge in [-0.2, -0.15) is 10.5 Å². The maximum atomic E-state index is 13.4. The van der Waals surface area contributed by atoms with E-state index in [9.17, 15) is 20.1 Å². The summed E-state index contributed by atoms with van der Waals surface area (Å²) in [4.78, 5) is 26.5. The Balaban J connectivity index is 1.62. The second-order valence-corrected chi connectivity index (χ2v) is 12.0. The highest BCUT2D eigenvalue weighted by molar-refractivity contribution is 6.02. The van der Waals surface area contributed by atoms with Gasteiger partial charge in [0.05, 0.1) is 40.0 Å². The van der Waals surface area contributed by atoms with Crippen molar-refractivity contribution in [3.05, 3.63) is 84.1 Å². The highest BCUT2D eigenvalue weighted by atomic mass is 16.6. The van der Waals surface area contributed by atoms with Crippen molar-refractivity contribution in [2.75, 3.05) is 0 Å². The number of nitriles is 2. The van der Waals surface area contributed by atoms with Gasteiger partial charge in [-0.05, 0) is 83.0 Å². The molecular weight excluding hydrogens is 528 g/mol. The molecule has 2 heterocycles. The van der Waals surface area contributed by atoms with E-state index in [0.29, 0.717) is 27.9 Å². The highest BCUT2D eigenvalue weighted by Crippen LogP contribution is 2.35. The van der Waals surface area contributed by atoms with Crippen LogP contribution in [0.15, 0.2) is 72.9 Å². The fourth-order valence-electron chi connectivity index (χ4n) is 4.80. The molecule has 5 aromatic rings. The van der Waals surface area contributed by atoms with E-state index in [4.69, 9.17) is 9.47 Å². The number of hydrogen-bond donors (Lipinski definition) is 0. The molecule has 0 aliphatic carbocycles. The Kier molecular flexibility index (Phi) is 6.88. The van der Waals surface area contributed by atoms with Crippen LogP contribution in [-0.4, -0.2) is 32.5 Å². The topological polar surface area (TPSA) is 110 Å². The maximum absolute atomic E-state index is 13.4. The van der Waals surface area contributed by atoms with Gasteiger partial charge in [0, 0.05) is 22.5 Å². The zero-order valence-electron chi connectivity index (χ0n) is 24.4. The van der Waals surface area contributed by atoms with Crippen LogP contribution < -0.4 is 0 Å². The molecule has 0 bridgehead atoms. The van der Waals surface area contributed by atoms with Crippen molar-refractivity contribution in [3.8, 4) is 34.5 Å². The summed E-state index contributed by atoms with van der Waals surface area (Å²) in [7, 11) is 0. The van der Waals surface area contributed by atoms with Crippen LogP contribution in [-0.2, 0) is 9.47 Å². The molecule has 0 radical (unpaired) electrons. The minimum Gasteiger partial charge on any atom is -0.443 e. The molecule has 0 fully saturated rings. The van der Waals surface area contributed by atoms with Crippen LogP contribution in [0.25, 0.3) is 44.2 Å². The molecular formula is C34H30N4O4. The van der Waals surface area contributed by atoms with Crippen molar-refractivity contribution in [2.24, 2.45) is 0 Å². The number of carbonyl (C=O) groups is 2. The largest absolute Gasteiger partial charge is 0.443 e. The van der Waals surface area contributed by atoms with Crippen LogP contribution in [0.2, 0.25) is 0 Å². The van der Waals surface area contributed by atoms with Crippen LogP contribution >= 0.6 is 0 Å². The first-order valence-electron chi connectivity index (χ1n) is 13.5. The van der Waals surface area contributed by atoms with Crippen LogP contribution in [0.1, 0.15) is 52.7 Å². The average molecular weight is 559 g/mol. The van der Waals surface area contributed by atoms with Gasteiger partial charge in [-0.25, -0.2) is 14.2 Å². The molecule has 3 aromatic carbocycles. The SMILES string of the molecule is CC(C)(C)OC(=O)n1cc(-c2ccc(-c3cc4ccc(C#N)cc4n3C(=O)OC(C)(C)C)cc2)c2ccc(C#N)cc21. The molecule has 0 saturated heterocycles. The Hall–Kier alpha value is -5.34. The van der Waals surface area contributed by atoms with Gasteiger partial charge in [0.1, 0.15) is 11.2 Å². The highest BCUT2D eigenvalue weighted by Gasteiger charge is 2.24. The normalized spacial score (nSPS) is 11.7. The fraction of sp³-hybridized carbons (Fsp3) is 0.235. The number of fused-ring (bicyclic) bond motifs is 2. The van der Waals surface area contributed by atoms with Gasteiger partial charge in [0.2, 0.25) is 0 Å². The maximum Gasteiger partial charge on any atom is 0.419 e. The van der Waals surface area contributed by atoms with E-state index in [1.54, 1.807) is 72.0 Å². The number of hydrogen-bond acceptors (Lipinski definition) is 6. The Morgan fingerprint density at radius 3 is 1.83 bits per heavy atom. The molecule has 0 aliphatic heterocycles. The van der Waals surface area contributed by atoms with E-state index in [1.807, 2.05) is 42.5 Å². The summed E-state index contributed by atoms with van der Waals surface area (Å²) >= 11 is 0. The summed E-state index contributed by atoms with van der Waals surface area (Å²) in [5, 5.41) is 20.5. The van der Waals surface area contributed by atoms with Crippen molar-refractivity contribution in [3.63, 3.8) is 0 Å². The fourth-order valence-corrected chi connectivity index (χ4v) is 4.80. The average Bonchev–Trinajstić information content (AvgIpc) is 3.49. The number of nitrogens with zero attached hydrogens (tertiary/aromatic N) is 4. The number of benzene rings is 3. The Bertz CT molecular complexity index is 1950. The molecule has 0 N–H and O–H groups in total. The lowest BCUT2D eigenvalue weighted by Crippen LogP contribution is -2.27. The number of rotatable bonds is 2. The Labute approximate surface area is 243 Å². The molecule has 0 atom stereocenters. The van der Waals surface area contributed by atoms with Gasteiger partial charge in [0.25, 0.3) is 0 Å². The third-order valence-corrected chi connectivity index (χ3v) is 6.53. The molecule has 42 heavy (non-hydrogen) atoms. The standard InChI is InChI=1S/C34H30N4O4/c1-33(2,3)41-31(39)37-20-27(26-14-8-22(19-36)16-30(26)37)23-10-12-24(13-11-23)29-17-25-9-7-21(18-35)15-28(25)38(29)32(40)42-34(4,5)6/h7-17,20H,1-6H3. The van der Waals surface area contributed by atoms with Gasteiger partial charge in [-0.15, -0.1) is 0 Å². The number of aromatic nitrogens is 2. The van der Waals surface area contributed by atoms with E-state index in [2.05, 4.69) is 12.1 Å². The predicted molar refractivity (Wildman–Crippen MR) is 161 cm³/mol. The first-order chi connectivity index (χ1) is 19.8. The lowest BCUT2D eigenvalue weighted by atomic mass is 10.0. The van der Waals surface area contributed by atoms with E-state index < -0.39 is 23.4 Å². The molecule has 0 unspecified atom stereocenters. The summed E-state index contributed by atoms with van der Waals surface area (Å²) in [5.41, 5.74) is 3.63. The van der Waals surface area contributed by atoms with Crippen LogP contribution in [0, 0.1) is 22.7 Å². The van der Waals surface area contributed by atoms with Gasteiger partial charge in [-0.1, -0.05) is 36.4 Å². The second kappa shape index (κ2) is 10.2. The van der Waals surface area contributed by atoms with Crippen molar-refractivity contribution in [1.29, 1.82) is 10.5 Å². The van der Waals surface area contributed by atoms with Gasteiger partial charge >= 0.3 is 12.2 Å². The zero-order chi connectivity index (χ0) is 30.4. The first kappa shape index (κ1) is 28.2. The first-order valence-corrected chi connectivity index (χ1v) is 13.5. The molecule has 0 amide bonds. The van der Waals surface area contributed by atoms with E-state index >= 15 is 0 Å². The molecule has 5 rings (SSSR count). The molecule has 210 valence electrons. The van der Waals surface area contributed by atoms with Gasteiger partial charge < -0.3 is 9.47 Å². The van der Waals surface area contributed by atoms with E-state index in [1.165, 1.54) is 9.13 Å². The molecule has 8 nitrogen and oxygen atoms in total. The minimum absolute atomic E-state index is 0.432. The van der Waals surface area contributed by atoms with Crippen molar-refractivity contribution >= 4 is 34.0 Å². The Morgan fingerprint density at radius 2 is 1.24 bits per heavy atom. The van der Waals surface area contributed by atoms with E-state index in [-0.39, 0.29) is 0 Å². The van der Waals surface area contributed by atoms with E-state index in [0.717, 1.165) is 27.5 Å². The third kappa shape index (κ3) is 5.48. The second-order valence-electron chi connectivity index (χ2n) is 12.0. The van der Waals surface area contributed by atoms with Gasteiger partial charge in [-0.3, -0.25) is 4.57 Å². The summed E-state index contributed by atoms with van der Waals surface area (Å²) in [5.74, 6) is 0. The summed E-state index contributed by atoms with van der Waals surface area (Å²) in [6.07, 6.45) is 0.639. The Morgan fingerprint density at radius 1 is 0.690 bits per heavy atom. The summed E-state index contributed by atoms with van der Waals surface area (Å²) in [6.45, 7) is 10.8. The molecule has 2 aromatic heterocycles. The molecule has 0 spiro atoms. The monoisotopic (exact) mass is 558 g/mol. The smallest absolute Gasteiger partial charge is 0.419 e. The molecule has 0 aliphatic rings.